The molecule has 0 aromatic heterocycles. The fourth-order valence-corrected chi connectivity index (χ4v) is 3.55. The van der Waals surface area contributed by atoms with Gasteiger partial charge >= 0.3 is 11.9 Å². The molecule has 0 aromatic rings. The molecule has 0 aliphatic heterocycles. The number of carboxylic acid groups (broad SMARTS) is 2. The van der Waals surface area contributed by atoms with Gasteiger partial charge in [-0.3, -0.25) is 0 Å². The Morgan fingerprint density at radius 2 is 1.27 bits per heavy atom. The Hall–Kier alpha value is -1.32. The number of carboxylic acids is 2. The quantitative estimate of drug-likeness (QED) is 0.301. The van der Waals surface area contributed by atoms with Crippen LogP contribution in [0.1, 0.15) is 85.5 Å². The lowest BCUT2D eigenvalue weighted by atomic mass is 9.67. The number of carbonyl (C=O) groups is 2. The Balaban J connectivity index is 6.17. The van der Waals surface area contributed by atoms with Crippen LogP contribution in [0.3, 0.4) is 0 Å². The molecule has 0 bridgehead atoms. The number of aliphatic carboxylic acids is 2. The first-order valence-corrected chi connectivity index (χ1v) is 8.60. The van der Waals surface area contributed by atoms with Crippen LogP contribution in [0.2, 0.25) is 0 Å². The number of hydrogen-bond donors (Lipinski definition) is 2. The molecule has 0 rings (SSSR count). The van der Waals surface area contributed by atoms with E-state index in [0.29, 0.717) is 12.0 Å². The molecule has 4 nitrogen and oxygen atoms in total. The van der Waals surface area contributed by atoms with Gasteiger partial charge in [0.2, 0.25) is 0 Å². The van der Waals surface area contributed by atoms with E-state index in [4.69, 9.17) is 0 Å². The second-order valence-corrected chi connectivity index (χ2v) is 6.10. The van der Waals surface area contributed by atoms with E-state index in [2.05, 4.69) is 20.8 Å². The fourth-order valence-electron chi connectivity index (χ4n) is 3.55. The summed E-state index contributed by atoms with van der Waals surface area (Å²) < 4.78 is 0. The molecule has 128 valence electrons. The molecule has 0 fully saturated rings. The summed E-state index contributed by atoms with van der Waals surface area (Å²) in [6.07, 6.45) is 7.82. The van der Waals surface area contributed by atoms with Gasteiger partial charge in [0, 0.05) is 0 Å². The van der Waals surface area contributed by atoms with E-state index < -0.39 is 11.9 Å². The highest BCUT2D eigenvalue weighted by molar-refractivity contribution is 6.13. The van der Waals surface area contributed by atoms with Crippen LogP contribution in [0.4, 0.5) is 0 Å². The van der Waals surface area contributed by atoms with Gasteiger partial charge in [0.1, 0.15) is 5.57 Å². The lowest BCUT2D eigenvalue weighted by Crippen LogP contribution is -2.29. The van der Waals surface area contributed by atoms with Crippen LogP contribution in [0.25, 0.3) is 0 Å². The number of hydrogen-bond acceptors (Lipinski definition) is 2. The van der Waals surface area contributed by atoms with Gasteiger partial charge in [0.15, 0.2) is 0 Å². The molecule has 0 radical (unpaired) electrons. The summed E-state index contributed by atoms with van der Waals surface area (Å²) in [7, 11) is 0. The van der Waals surface area contributed by atoms with Gasteiger partial charge < -0.3 is 10.2 Å². The zero-order valence-electron chi connectivity index (χ0n) is 14.6. The minimum Gasteiger partial charge on any atom is -0.477 e. The van der Waals surface area contributed by atoms with E-state index in [9.17, 15) is 19.8 Å². The van der Waals surface area contributed by atoms with E-state index in [-0.39, 0.29) is 11.0 Å². The van der Waals surface area contributed by atoms with Crippen LogP contribution in [0, 0.1) is 5.41 Å². The molecule has 22 heavy (non-hydrogen) atoms. The summed E-state index contributed by atoms with van der Waals surface area (Å²) in [6, 6.07) is 0. The van der Waals surface area contributed by atoms with E-state index in [1.54, 1.807) is 0 Å². The highest BCUT2D eigenvalue weighted by atomic mass is 16.4. The smallest absolute Gasteiger partial charge is 0.343 e. The molecule has 0 saturated carbocycles. The molecular weight excluding hydrogens is 280 g/mol. The van der Waals surface area contributed by atoms with Crippen molar-refractivity contribution in [2.24, 2.45) is 5.41 Å². The van der Waals surface area contributed by atoms with Crippen molar-refractivity contribution in [1.82, 2.24) is 0 Å². The zero-order chi connectivity index (χ0) is 17.2. The predicted molar refractivity (Wildman–Crippen MR) is 89.0 cm³/mol. The van der Waals surface area contributed by atoms with Crippen molar-refractivity contribution < 1.29 is 19.8 Å². The van der Waals surface area contributed by atoms with E-state index in [1.807, 2.05) is 6.92 Å². The Bertz CT molecular complexity index is 374. The molecule has 0 aliphatic carbocycles. The number of allylic oxidation sites excluding steroid dienone is 1. The maximum absolute atomic E-state index is 11.5. The van der Waals surface area contributed by atoms with Gasteiger partial charge in [0.25, 0.3) is 0 Å². The van der Waals surface area contributed by atoms with Crippen molar-refractivity contribution in [3.8, 4) is 0 Å². The molecule has 0 aliphatic rings. The molecule has 0 atom stereocenters. The van der Waals surface area contributed by atoms with Crippen LogP contribution in [-0.4, -0.2) is 22.2 Å². The molecule has 0 heterocycles. The van der Waals surface area contributed by atoms with Crippen molar-refractivity contribution >= 4 is 11.9 Å². The maximum Gasteiger partial charge on any atom is 0.343 e. The Kier molecular flexibility index (Phi) is 9.79. The van der Waals surface area contributed by atoms with E-state index >= 15 is 0 Å². The number of rotatable bonds is 12. The Morgan fingerprint density at radius 1 is 0.773 bits per heavy atom. The van der Waals surface area contributed by atoms with Crippen molar-refractivity contribution in [3.63, 3.8) is 0 Å². The fraction of sp³-hybridized carbons (Fsp3) is 0.778. The highest BCUT2D eigenvalue weighted by Gasteiger charge is 2.37. The topological polar surface area (TPSA) is 74.6 Å². The molecule has 0 spiro atoms. The van der Waals surface area contributed by atoms with Crippen LogP contribution >= 0.6 is 0 Å². The lowest BCUT2D eigenvalue weighted by molar-refractivity contribution is -0.140. The van der Waals surface area contributed by atoms with Crippen molar-refractivity contribution in [2.45, 2.75) is 85.5 Å². The van der Waals surface area contributed by atoms with Crippen molar-refractivity contribution in [2.75, 3.05) is 0 Å². The van der Waals surface area contributed by atoms with Crippen LogP contribution in [0.15, 0.2) is 11.1 Å². The average Bonchev–Trinajstić information content (AvgIpc) is 2.44. The minimum atomic E-state index is -1.30. The lowest BCUT2D eigenvalue weighted by Gasteiger charge is -2.37. The summed E-state index contributed by atoms with van der Waals surface area (Å²) >= 11 is 0. The minimum absolute atomic E-state index is 0.276. The normalized spacial score (nSPS) is 11.3. The predicted octanol–water partition coefficient (Wildman–Crippen LogP) is 5.03. The Morgan fingerprint density at radius 3 is 1.59 bits per heavy atom. The Labute approximate surface area is 134 Å². The summed E-state index contributed by atoms with van der Waals surface area (Å²) in [4.78, 5) is 23.1. The van der Waals surface area contributed by atoms with Gasteiger partial charge in [-0.15, -0.1) is 0 Å². The molecule has 0 saturated heterocycles. The summed E-state index contributed by atoms with van der Waals surface area (Å²) in [5, 5.41) is 18.9. The molecule has 0 aromatic carbocycles. The highest BCUT2D eigenvalue weighted by Crippen LogP contribution is 2.46. The monoisotopic (exact) mass is 312 g/mol. The van der Waals surface area contributed by atoms with Crippen molar-refractivity contribution in [1.29, 1.82) is 0 Å². The van der Waals surface area contributed by atoms with Gasteiger partial charge in [-0.1, -0.05) is 59.8 Å². The first-order chi connectivity index (χ1) is 10.4. The number of unbranched alkanes of at least 4 members (excludes halogenated alkanes) is 1. The first-order valence-electron chi connectivity index (χ1n) is 8.60. The second-order valence-electron chi connectivity index (χ2n) is 6.10. The SMILES string of the molecule is CCCCC(CCC)(CCC)C(CCC)=C(C(=O)O)C(=O)O. The molecule has 4 heteroatoms. The summed E-state index contributed by atoms with van der Waals surface area (Å²) in [6.45, 7) is 8.26. The molecule has 2 N–H and O–H groups in total. The van der Waals surface area contributed by atoms with Crippen molar-refractivity contribution in [3.05, 3.63) is 11.1 Å². The van der Waals surface area contributed by atoms with E-state index in [1.165, 1.54) is 0 Å². The third kappa shape index (κ3) is 5.47. The van der Waals surface area contributed by atoms with Gasteiger partial charge in [-0.25, -0.2) is 9.59 Å². The largest absolute Gasteiger partial charge is 0.477 e. The molecule has 0 unspecified atom stereocenters. The van der Waals surface area contributed by atoms with Crippen LogP contribution in [-0.2, 0) is 9.59 Å². The zero-order valence-corrected chi connectivity index (χ0v) is 14.6. The third-order valence-electron chi connectivity index (χ3n) is 4.34. The van der Waals surface area contributed by atoms with Crippen LogP contribution in [0.5, 0.6) is 0 Å². The van der Waals surface area contributed by atoms with Crippen LogP contribution < -0.4 is 0 Å². The summed E-state index contributed by atoms with van der Waals surface area (Å²) in [5.74, 6) is -2.60. The average molecular weight is 312 g/mol. The second kappa shape index (κ2) is 10.4. The molecular formula is C18H32O4. The van der Waals surface area contributed by atoms with E-state index in [0.717, 1.165) is 51.4 Å². The summed E-state index contributed by atoms with van der Waals surface area (Å²) in [5.41, 5.74) is -0.00578. The maximum atomic E-state index is 11.5. The molecule has 0 amide bonds. The third-order valence-corrected chi connectivity index (χ3v) is 4.34. The van der Waals surface area contributed by atoms with Gasteiger partial charge in [-0.2, -0.15) is 0 Å². The first kappa shape index (κ1) is 20.7. The van der Waals surface area contributed by atoms with Gasteiger partial charge in [0.05, 0.1) is 0 Å². The van der Waals surface area contributed by atoms with Gasteiger partial charge in [-0.05, 0) is 36.7 Å². The standard InChI is InChI=1S/C18H32O4/c1-5-9-13-18(11-7-3,12-8-4)14(10-6-2)15(16(19)20)17(21)22/h5-13H2,1-4H3,(H,19,20)(H,21,22).